The number of benzene rings is 4. The monoisotopic (exact) mass is 588 g/mol. The van der Waals surface area contributed by atoms with Crippen LogP contribution in [-0.2, 0) is 0 Å². The van der Waals surface area contributed by atoms with Crippen molar-refractivity contribution in [1.82, 2.24) is 0 Å². The molecule has 0 heteroatoms. The van der Waals surface area contributed by atoms with Crippen LogP contribution in [0.2, 0.25) is 0 Å². The van der Waals surface area contributed by atoms with Gasteiger partial charge in [-0.15, -0.1) is 6.58 Å². The van der Waals surface area contributed by atoms with E-state index in [1.165, 1.54) is 96.8 Å². The number of allylic oxidation sites excluding steroid dienone is 9. The molecule has 0 nitrogen and oxygen atoms in total. The topological polar surface area (TPSA) is 0 Å². The van der Waals surface area contributed by atoms with Crippen molar-refractivity contribution in [3.8, 4) is 22.3 Å². The summed E-state index contributed by atoms with van der Waals surface area (Å²) in [6.45, 7) is 22.9. The smallest absolute Gasteiger partial charge is 0.000766 e. The molecule has 2 atom stereocenters. The highest BCUT2D eigenvalue weighted by molar-refractivity contribution is 6.22. The van der Waals surface area contributed by atoms with Gasteiger partial charge in [0.1, 0.15) is 0 Å². The van der Waals surface area contributed by atoms with Crippen molar-refractivity contribution < 1.29 is 0 Å². The largest absolute Gasteiger partial charge is 0.103 e. The molecule has 45 heavy (non-hydrogen) atoms. The van der Waals surface area contributed by atoms with Gasteiger partial charge in [0.25, 0.3) is 0 Å². The second-order valence-corrected chi connectivity index (χ2v) is 12.6. The van der Waals surface area contributed by atoms with Crippen LogP contribution >= 0.6 is 0 Å². The summed E-state index contributed by atoms with van der Waals surface area (Å²) in [7, 11) is 0. The Morgan fingerprint density at radius 2 is 1.31 bits per heavy atom. The van der Waals surface area contributed by atoms with Gasteiger partial charge in [0.05, 0.1) is 0 Å². The highest BCUT2D eigenvalue weighted by atomic mass is 14.4. The molecule has 1 saturated carbocycles. The fourth-order valence-corrected chi connectivity index (χ4v) is 7.12. The Hall–Kier alpha value is -4.42. The Morgan fingerprint density at radius 3 is 1.76 bits per heavy atom. The van der Waals surface area contributed by atoms with E-state index in [9.17, 15) is 0 Å². The van der Waals surface area contributed by atoms with Gasteiger partial charge in [0.2, 0.25) is 0 Å². The van der Waals surface area contributed by atoms with Crippen LogP contribution in [0.15, 0.2) is 134 Å². The number of hydrogen-bond acceptors (Lipinski definition) is 0. The molecule has 0 radical (unpaired) electrons. The SMILES string of the molecule is C=C/C=C1\C(=C(C)C)/C(=C\C=C)c2c1c(-c1cccc(C)c1)c1ccccc1c2-c1cccc([C@@H]2CC2CC)c1.C=CCCC. The van der Waals surface area contributed by atoms with E-state index in [4.69, 9.17) is 0 Å². The van der Waals surface area contributed by atoms with Crippen LogP contribution in [-0.4, -0.2) is 0 Å². The van der Waals surface area contributed by atoms with Gasteiger partial charge >= 0.3 is 0 Å². The van der Waals surface area contributed by atoms with Crippen molar-refractivity contribution in [3.05, 3.63) is 156 Å². The molecule has 228 valence electrons. The van der Waals surface area contributed by atoms with Crippen molar-refractivity contribution in [2.75, 3.05) is 0 Å². The van der Waals surface area contributed by atoms with Gasteiger partial charge in [-0.1, -0.05) is 154 Å². The van der Waals surface area contributed by atoms with E-state index in [2.05, 4.69) is 139 Å². The maximum atomic E-state index is 4.14. The van der Waals surface area contributed by atoms with Gasteiger partial charge in [-0.25, -0.2) is 0 Å². The molecule has 0 aliphatic heterocycles. The van der Waals surface area contributed by atoms with E-state index in [-0.39, 0.29) is 0 Å². The van der Waals surface area contributed by atoms with Gasteiger partial charge in [-0.05, 0) is 112 Å². The number of hydrogen-bond donors (Lipinski definition) is 0. The number of rotatable bonds is 8. The van der Waals surface area contributed by atoms with Crippen LogP contribution in [0.5, 0.6) is 0 Å². The normalized spacial score (nSPS) is 18.4. The fourth-order valence-electron chi connectivity index (χ4n) is 7.12. The Bertz CT molecular complexity index is 1850. The number of aryl methyl sites for hydroxylation is 1. The minimum absolute atomic E-state index is 0.684. The first-order valence-corrected chi connectivity index (χ1v) is 16.6. The molecule has 0 aromatic heterocycles. The summed E-state index contributed by atoms with van der Waals surface area (Å²) >= 11 is 0. The Morgan fingerprint density at radius 1 is 0.733 bits per heavy atom. The maximum absolute atomic E-state index is 4.14. The summed E-state index contributed by atoms with van der Waals surface area (Å²) in [5.41, 5.74) is 15.6. The summed E-state index contributed by atoms with van der Waals surface area (Å²) < 4.78 is 0. The average molecular weight is 589 g/mol. The highest BCUT2D eigenvalue weighted by Gasteiger charge is 2.37. The third-order valence-electron chi connectivity index (χ3n) is 9.21. The van der Waals surface area contributed by atoms with Crippen LogP contribution in [0.3, 0.4) is 0 Å². The van der Waals surface area contributed by atoms with E-state index < -0.39 is 0 Å². The zero-order valence-electron chi connectivity index (χ0n) is 27.9. The van der Waals surface area contributed by atoms with Crippen molar-refractivity contribution in [2.45, 2.75) is 66.2 Å². The molecule has 0 bridgehead atoms. The van der Waals surface area contributed by atoms with Crippen LogP contribution in [0.25, 0.3) is 44.2 Å². The third-order valence-corrected chi connectivity index (χ3v) is 9.21. The minimum atomic E-state index is 0.684. The minimum Gasteiger partial charge on any atom is -0.103 e. The van der Waals surface area contributed by atoms with E-state index in [0.717, 1.165) is 12.3 Å². The van der Waals surface area contributed by atoms with Gasteiger partial charge in [0.15, 0.2) is 0 Å². The molecule has 0 amide bonds. The summed E-state index contributed by atoms with van der Waals surface area (Å²) in [5.74, 6) is 1.50. The maximum Gasteiger partial charge on any atom is -0.000766 e. The first-order valence-electron chi connectivity index (χ1n) is 16.6. The lowest BCUT2D eigenvalue weighted by Gasteiger charge is -2.20. The number of unbranched alkanes of at least 4 members (excludes halogenated alkanes) is 1. The van der Waals surface area contributed by atoms with Crippen molar-refractivity contribution in [2.24, 2.45) is 5.92 Å². The first kappa shape index (κ1) is 32.0. The van der Waals surface area contributed by atoms with Gasteiger partial charge < -0.3 is 0 Å². The Balaban J connectivity index is 0.000000743. The standard InChI is InChI=1S/C40H38.C5H10/c1-7-14-33-36(25(4)5)34(15-8-2)40-38(30-19-13-17-28(23-30)35-24-27(35)9-3)32-21-11-10-20-31(32)37(39(33)40)29-18-12-16-26(6)22-29;1-3-5-4-2/h7-8,10-23,27,35H,1-2,9,24H2,3-6H3;3H,1,4-5H2,2H3/b33-14+,34-15+;/t27?,35-;/m1./s1. The summed E-state index contributed by atoms with van der Waals surface area (Å²) in [6, 6.07) is 27.3. The highest BCUT2D eigenvalue weighted by Crippen LogP contribution is 2.57. The zero-order chi connectivity index (χ0) is 32.1. The number of fused-ring (bicyclic) bond motifs is 2. The lowest BCUT2D eigenvalue weighted by Crippen LogP contribution is -1.97. The molecular formula is C45H48. The van der Waals surface area contributed by atoms with E-state index >= 15 is 0 Å². The van der Waals surface area contributed by atoms with Gasteiger partial charge in [-0.2, -0.15) is 0 Å². The van der Waals surface area contributed by atoms with Crippen LogP contribution in [0, 0.1) is 12.8 Å². The van der Waals surface area contributed by atoms with E-state index in [1.807, 2.05) is 18.2 Å². The molecule has 0 heterocycles. The fraction of sp³-hybridized carbons (Fsp3) is 0.244. The molecule has 6 rings (SSSR count). The van der Waals surface area contributed by atoms with Crippen molar-refractivity contribution >= 4 is 21.9 Å². The summed E-state index contributed by atoms with van der Waals surface area (Å²) in [5, 5.41) is 2.58. The molecular weight excluding hydrogens is 540 g/mol. The second-order valence-electron chi connectivity index (χ2n) is 12.6. The van der Waals surface area contributed by atoms with Gasteiger partial charge in [0, 0.05) is 0 Å². The predicted octanol–water partition coefficient (Wildman–Crippen LogP) is 13.5. The molecule has 2 aliphatic carbocycles. The molecule has 1 fully saturated rings. The molecule has 0 N–H and O–H groups in total. The summed E-state index contributed by atoms with van der Waals surface area (Å²) in [4.78, 5) is 0. The second kappa shape index (κ2) is 14.1. The first-order chi connectivity index (χ1) is 21.9. The molecule has 0 saturated heterocycles. The van der Waals surface area contributed by atoms with Crippen LogP contribution in [0.4, 0.5) is 0 Å². The summed E-state index contributed by atoms with van der Waals surface area (Å²) in [6.07, 6.45) is 15.2. The lowest BCUT2D eigenvalue weighted by molar-refractivity contribution is 0.766. The van der Waals surface area contributed by atoms with Crippen LogP contribution < -0.4 is 0 Å². The molecule has 0 spiro atoms. The zero-order valence-corrected chi connectivity index (χ0v) is 27.9. The molecule has 4 aromatic rings. The van der Waals surface area contributed by atoms with Crippen molar-refractivity contribution in [1.29, 1.82) is 0 Å². The quantitative estimate of drug-likeness (QED) is 0.180. The molecule has 4 aromatic carbocycles. The van der Waals surface area contributed by atoms with E-state index in [0.29, 0.717) is 5.92 Å². The predicted molar refractivity (Wildman–Crippen MR) is 201 cm³/mol. The van der Waals surface area contributed by atoms with E-state index in [1.54, 1.807) is 0 Å². The molecule has 2 aliphatic rings. The van der Waals surface area contributed by atoms with Crippen LogP contribution in [0.1, 0.15) is 81.5 Å². The Kier molecular flexibility index (Phi) is 10.0. The van der Waals surface area contributed by atoms with Gasteiger partial charge in [-0.3, -0.25) is 0 Å². The average Bonchev–Trinajstić information content (AvgIpc) is 3.78. The Labute approximate surface area is 271 Å². The third kappa shape index (κ3) is 6.25. The lowest BCUT2D eigenvalue weighted by atomic mass is 9.82. The van der Waals surface area contributed by atoms with Crippen molar-refractivity contribution in [3.63, 3.8) is 0 Å². The molecule has 1 unspecified atom stereocenters.